The monoisotopic (exact) mass is 537 g/mol. The maximum atomic E-state index is 12.8. The van der Waals surface area contributed by atoms with Crippen LogP contribution < -0.4 is 15.5 Å². The van der Waals surface area contributed by atoms with Crippen LogP contribution in [0.1, 0.15) is 26.3 Å². The topological polar surface area (TPSA) is 108 Å². The van der Waals surface area contributed by atoms with Crippen molar-refractivity contribution in [2.24, 2.45) is 0 Å². The lowest BCUT2D eigenvalue weighted by molar-refractivity contribution is -0.385. The van der Waals surface area contributed by atoms with Crippen molar-refractivity contribution in [3.63, 3.8) is 0 Å². The average molecular weight is 538 g/mol. The number of benzene rings is 3. The van der Waals surface area contributed by atoms with Crippen LogP contribution in [0.5, 0.6) is 0 Å². The highest BCUT2D eigenvalue weighted by Gasteiger charge is 2.24. The Balaban J connectivity index is 1.40. The molecule has 1 fully saturated rings. The van der Waals surface area contributed by atoms with E-state index in [2.05, 4.69) is 15.5 Å². The maximum Gasteiger partial charge on any atom is 0.273 e. The van der Waals surface area contributed by atoms with Crippen LogP contribution in [0.2, 0.25) is 5.02 Å². The standard InChI is InChI=1S/C26H24ClN5O4S/c1-17-20(5-4-8-22(17)32(35)36)24(33)29-26(37)28-21-6-2-3-7-23(21)30-13-15-31(16-14-30)25(34)18-9-11-19(27)12-10-18/h2-12H,13-16H2,1H3,(H2,28,29,33,37). The Labute approximate surface area is 224 Å². The predicted molar refractivity (Wildman–Crippen MR) is 148 cm³/mol. The van der Waals surface area contributed by atoms with Gasteiger partial charge in [0.05, 0.1) is 16.3 Å². The summed E-state index contributed by atoms with van der Waals surface area (Å²) < 4.78 is 0. The van der Waals surface area contributed by atoms with E-state index in [1.54, 1.807) is 24.3 Å². The molecule has 4 rings (SSSR count). The molecule has 3 aromatic rings. The highest BCUT2D eigenvalue weighted by atomic mass is 35.5. The van der Waals surface area contributed by atoms with Gasteiger partial charge in [-0.15, -0.1) is 0 Å². The number of hydrogen-bond donors (Lipinski definition) is 2. The molecule has 0 aliphatic carbocycles. The van der Waals surface area contributed by atoms with E-state index in [4.69, 9.17) is 23.8 Å². The van der Waals surface area contributed by atoms with E-state index < -0.39 is 10.8 Å². The summed E-state index contributed by atoms with van der Waals surface area (Å²) in [5.74, 6) is -0.575. The first kappa shape index (κ1) is 26.1. The van der Waals surface area contributed by atoms with Crippen LogP contribution in [0.4, 0.5) is 17.1 Å². The van der Waals surface area contributed by atoms with Crippen molar-refractivity contribution in [1.29, 1.82) is 0 Å². The van der Waals surface area contributed by atoms with Crippen LogP contribution >= 0.6 is 23.8 Å². The van der Waals surface area contributed by atoms with Crippen LogP contribution in [0.3, 0.4) is 0 Å². The number of nitro benzene ring substituents is 1. The van der Waals surface area contributed by atoms with Crippen molar-refractivity contribution in [3.8, 4) is 0 Å². The molecule has 3 aromatic carbocycles. The van der Waals surface area contributed by atoms with Crippen molar-refractivity contribution in [2.75, 3.05) is 36.4 Å². The number of anilines is 2. The Kier molecular flexibility index (Phi) is 8.00. The average Bonchev–Trinajstić information content (AvgIpc) is 2.89. The van der Waals surface area contributed by atoms with Crippen molar-refractivity contribution in [1.82, 2.24) is 10.2 Å². The van der Waals surface area contributed by atoms with E-state index in [9.17, 15) is 19.7 Å². The number of rotatable bonds is 5. The van der Waals surface area contributed by atoms with E-state index in [1.807, 2.05) is 29.2 Å². The number of para-hydroxylation sites is 2. The van der Waals surface area contributed by atoms with E-state index in [-0.39, 0.29) is 27.8 Å². The fourth-order valence-electron chi connectivity index (χ4n) is 4.17. The first-order valence-corrected chi connectivity index (χ1v) is 12.3. The van der Waals surface area contributed by atoms with Gasteiger partial charge in [-0.1, -0.05) is 29.8 Å². The van der Waals surface area contributed by atoms with Gasteiger partial charge < -0.3 is 15.1 Å². The summed E-state index contributed by atoms with van der Waals surface area (Å²) >= 11 is 11.3. The molecule has 1 aliphatic rings. The summed E-state index contributed by atoms with van der Waals surface area (Å²) in [5.41, 5.74) is 2.48. The van der Waals surface area contributed by atoms with Crippen LogP contribution in [0, 0.1) is 17.0 Å². The number of thiocarbonyl (C=S) groups is 1. The molecule has 2 amide bonds. The third kappa shape index (κ3) is 6.04. The largest absolute Gasteiger partial charge is 0.366 e. The van der Waals surface area contributed by atoms with Crippen LogP contribution in [0.25, 0.3) is 0 Å². The predicted octanol–water partition coefficient (Wildman–Crippen LogP) is 4.65. The third-order valence-electron chi connectivity index (χ3n) is 6.12. The normalized spacial score (nSPS) is 13.1. The Hall–Kier alpha value is -4.02. The summed E-state index contributed by atoms with van der Waals surface area (Å²) in [6.45, 7) is 3.84. The minimum absolute atomic E-state index is 0.0388. The minimum Gasteiger partial charge on any atom is -0.366 e. The van der Waals surface area contributed by atoms with Crippen molar-refractivity contribution >= 4 is 57.8 Å². The van der Waals surface area contributed by atoms with Gasteiger partial charge in [0.2, 0.25) is 0 Å². The summed E-state index contributed by atoms with van der Waals surface area (Å²) in [6, 6.07) is 18.7. The zero-order valence-corrected chi connectivity index (χ0v) is 21.5. The number of piperazine rings is 1. The Morgan fingerprint density at radius 3 is 2.32 bits per heavy atom. The molecule has 11 heteroatoms. The first-order valence-electron chi connectivity index (χ1n) is 11.5. The van der Waals surface area contributed by atoms with Gasteiger partial charge in [-0.2, -0.15) is 0 Å². The van der Waals surface area contributed by atoms with Gasteiger partial charge in [-0.25, -0.2) is 0 Å². The van der Waals surface area contributed by atoms with E-state index in [1.165, 1.54) is 25.1 Å². The molecule has 9 nitrogen and oxygen atoms in total. The first-order chi connectivity index (χ1) is 17.7. The number of amides is 2. The highest BCUT2D eigenvalue weighted by Crippen LogP contribution is 2.27. The smallest absolute Gasteiger partial charge is 0.273 e. The van der Waals surface area contributed by atoms with Gasteiger partial charge in [-0.05, 0) is 61.6 Å². The zero-order valence-electron chi connectivity index (χ0n) is 19.9. The number of nitro groups is 1. The van der Waals surface area contributed by atoms with E-state index in [0.29, 0.717) is 42.5 Å². The molecule has 1 aliphatic heterocycles. The van der Waals surface area contributed by atoms with Crippen molar-refractivity contribution in [2.45, 2.75) is 6.92 Å². The van der Waals surface area contributed by atoms with Gasteiger partial charge in [0.15, 0.2) is 5.11 Å². The van der Waals surface area contributed by atoms with Crippen LogP contribution in [0.15, 0.2) is 66.7 Å². The van der Waals surface area contributed by atoms with Crippen LogP contribution in [-0.4, -0.2) is 52.9 Å². The number of nitrogens with zero attached hydrogens (tertiary/aromatic N) is 3. The lowest BCUT2D eigenvalue weighted by atomic mass is 10.1. The molecule has 190 valence electrons. The Morgan fingerprint density at radius 1 is 0.973 bits per heavy atom. The maximum absolute atomic E-state index is 12.8. The SMILES string of the molecule is Cc1c(C(=O)NC(=S)Nc2ccccc2N2CCN(C(=O)c3ccc(Cl)cc3)CC2)cccc1[N+](=O)[O-]. The molecule has 1 saturated heterocycles. The van der Waals surface area contributed by atoms with Gasteiger partial charge in [-0.3, -0.25) is 25.0 Å². The fourth-order valence-corrected chi connectivity index (χ4v) is 4.50. The van der Waals surface area contributed by atoms with Crippen molar-refractivity contribution in [3.05, 3.63) is 98.6 Å². The molecular weight excluding hydrogens is 514 g/mol. The van der Waals surface area contributed by atoms with Gasteiger partial charge >= 0.3 is 0 Å². The quantitative estimate of drug-likeness (QED) is 0.277. The summed E-state index contributed by atoms with van der Waals surface area (Å²) in [7, 11) is 0. The number of nitrogens with one attached hydrogen (secondary N) is 2. The van der Waals surface area contributed by atoms with Crippen LogP contribution in [-0.2, 0) is 0 Å². The second kappa shape index (κ2) is 11.4. The van der Waals surface area contributed by atoms with Gasteiger partial charge in [0, 0.05) is 54.0 Å². The number of halogens is 1. The fraction of sp³-hybridized carbons (Fsp3) is 0.192. The molecule has 2 N–H and O–H groups in total. The Morgan fingerprint density at radius 2 is 1.65 bits per heavy atom. The molecular formula is C26H24ClN5O4S. The molecule has 37 heavy (non-hydrogen) atoms. The molecule has 0 atom stereocenters. The lowest BCUT2D eigenvalue weighted by Gasteiger charge is -2.37. The number of carbonyl (C=O) groups excluding carboxylic acids is 2. The summed E-state index contributed by atoms with van der Waals surface area (Å²) in [6.07, 6.45) is 0. The van der Waals surface area contributed by atoms with Crippen molar-refractivity contribution < 1.29 is 14.5 Å². The highest BCUT2D eigenvalue weighted by molar-refractivity contribution is 7.80. The number of hydrogen-bond acceptors (Lipinski definition) is 6. The zero-order chi connectivity index (χ0) is 26.5. The Bertz CT molecular complexity index is 1360. The molecule has 0 aromatic heterocycles. The second-order valence-corrected chi connectivity index (χ2v) is 9.26. The minimum atomic E-state index is -0.537. The molecule has 1 heterocycles. The van der Waals surface area contributed by atoms with Gasteiger partial charge in [0.1, 0.15) is 0 Å². The van der Waals surface area contributed by atoms with E-state index >= 15 is 0 Å². The number of carbonyl (C=O) groups is 2. The third-order valence-corrected chi connectivity index (χ3v) is 6.58. The molecule has 0 unspecified atom stereocenters. The molecule has 0 spiro atoms. The molecule has 0 radical (unpaired) electrons. The van der Waals surface area contributed by atoms with Gasteiger partial charge in [0.25, 0.3) is 17.5 Å². The lowest BCUT2D eigenvalue weighted by Crippen LogP contribution is -2.49. The summed E-state index contributed by atoms with van der Waals surface area (Å²) in [5, 5.41) is 17.5. The molecule has 0 bridgehead atoms. The molecule has 0 saturated carbocycles. The summed E-state index contributed by atoms with van der Waals surface area (Å²) in [4.78, 5) is 40.2. The van der Waals surface area contributed by atoms with E-state index in [0.717, 1.165) is 5.69 Å². The second-order valence-electron chi connectivity index (χ2n) is 8.42.